The van der Waals surface area contributed by atoms with Crippen molar-refractivity contribution in [2.45, 2.75) is 0 Å². The van der Waals surface area contributed by atoms with Crippen LogP contribution in [-0.2, 0) is 18.9 Å². The molecule has 2 aromatic rings. The van der Waals surface area contributed by atoms with Crippen LogP contribution in [0.1, 0.15) is 0 Å². The zero-order valence-electron chi connectivity index (χ0n) is 20.7. The number of nitro groups is 2. The normalized spacial score (nSPS) is 17.1. The highest BCUT2D eigenvalue weighted by molar-refractivity contribution is 5.49. The predicted molar refractivity (Wildman–Crippen MR) is 131 cm³/mol. The molecule has 0 bridgehead atoms. The Morgan fingerprint density at radius 1 is 0.447 bits per heavy atom. The van der Waals surface area contributed by atoms with Gasteiger partial charge in [-0.15, -0.1) is 0 Å². The summed E-state index contributed by atoms with van der Waals surface area (Å²) >= 11 is 0. The summed E-state index contributed by atoms with van der Waals surface area (Å²) in [6.45, 7) is 2.97. The fraction of sp³-hybridized carbons (Fsp3) is 0.500. The van der Waals surface area contributed by atoms with E-state index in [-0.39, 0.29) is 62.5 Å². The lowest BCUT2D eigenvalue weighted by Gasteiger charge is -2.14. The molecule has 0 aliphatic carbocycles. The first kappa shape index (κ1) is 28.8. The van der Waals surface area contributed by atoms with Crippen molar-refractivity contribution in [2.24, 2.45) is 0 Å². The van der Waals surface area contributed by atoms with Crippen LogP contribution in [0.15, 0.2) is 36.4 Å². The van der Waals surface area contributed by atoms with Crippen LogP contribution in [0.2, 0.25) is 0 Å². The molecule has 14 heteroatoms. The summed E-state index contributed by atoms with van der Waals surface area (Å²) in [4.78, 5) is 21.2. The van der Waals surface area contributed by atoms with Crippen molar-refractivity contribution >= 4 is 11.4 Å². The van der Waals surface area contributed by atoms with E-state index in [1.807, 2.05) is 0 Å². The second kappa shape index (κ2) is 16.2. The fourth-order valence-corrected chi connectivity index (χ4v) is 3.17. The largest absolute Gasteiger partial charge is 0.487 e. The maximum Gasteiger partial charge on any atom is 0.273 e. The van der Waals surface area contributed by atoms with Gasteiger partial charge < -0.3 is 37.9 Å². The van der Waals surface area contributed by atoms with Crippen molar-refractivity contribution in [2.75, 3.05) is 79.3 Å². The van der Waals surface area contributed by atoms with E-state index in [4.69, 9.17) is 37.9 Å². The number of nitro benzene ring substituents is 2. The summed E-state index contributed by atoms with van der Waals surface area (Å²) in [6, 6.07) is 8.15. The highest BCUT2D eigenvalue weighted by Crippen LogP contribution is 2.32. The lowest BCUT2D eigenvalue weighted by molar-refractivity contribution is -0.385. The van der Waals surface area contributed by atoms with Gasteiger partial charge in [0.05, 0.1) is 74.8 Å². The van der Waals surface area contributed by atoms with Gasteiger partial charge >= 0.3 is 0 Å². The number of nitrogens with zero attached hydrogens (tertiary/aromatic N) is 2. The van der Waals surface area contributed by atoms with Crippen molar-refractivity contribution in [1.29, 1.82) is 0 Å². The fourth-order valence-electron chi connectivity index (χ4n) is 3.17. The third kappa shape index (κ3) is 9.97. The van der Waals surface area contributed by atoms with E-state index in [2.05, 4.69) is 0 Å². The Balaban J connectivity index is 1.59. The third-order valence-corrected chi connectivity index (χ3v) is 4.96. The van der Waals surface area contributed by atoms with Crippen LogP contribution >= 0.6 is 0 Å². The molecule has 0 fully saturated rings. The highest BCUT2D eigenvalue weighted by atomic mass is 16.6. The number of rotatable bonds is 2. The maximum absolute atomic E-state index is 11.1. The van der Waals surface area contributed by atoms with Crippen LogP contribution in [0.25, 0.3) is 0 Å². The molecule has 1 aliphatic rings. The Labute approximate surface area is 218 Å². The van der Waals surface area contributed by atoms with Crippen molar-refractivity contribution in [3.8, 4) is 23.0 Å². The van der Waals surface area contributed by atoms with Gasteiger partial charge in [0.15, 0.2) is 23.0 Å². The van der Waals surface area contributed by atoms with Crippen molar-refractivity contribution in [1.82, 2.24) is 0 Å². The molecule has 1 heterocycles. The molecule has 0 spiro atoms. The monoisotopic (exact) mass is 538 g/mol. The summed E-state index contributed by atoms with van der Waals surface area (Å²) in [6.07, 6.45) is 0. The first-order chi connectivity index (χ1) is 18.5. The van der Waals surface area contributed by atoms with Gasteiger partial charge in [0.1, 0.15) is 26.4 Å². The second-order valence-electron chi connectivity index (χ2n) is 7.62. The average Bonchev–Trinajstić information content (AvgIpc) is 2.91. The van der Waals surface area contributed by atoms with Gasteiger partial charge in [-0.05, 0) is 12.1 Å². The SMILES string of the molecule is O=[N+]([O-])c1ccc2c(c1)OCCOCCOc1cc([N+](=O)[O-])ccc1OCCOCCOCCOCCO2. The minimum atomic E-state index is -0.524. The van der Waals surface area contributed by atoms with Crippen LogP contribution in [-0.4, -0.2) is 89.1 Å². The summed E-state index contributed by atoms with van der Waals surface area (Å²) in [7, 11) is 0. The Kier molecular flexibility index (Phi) is 12.3. The van der Waals surface area contributed by atoms with Gasteiger partial charge in [-0.25, -0.2) is 0 Å². The highest BCUT2D eigenvalue weighted by Gasteiger charge is 2.15. The molecule has 208 valence electrons. The number of non-ortho nitro benzene ring substituents is 2. The van der Waals surface area contributed by atoms with E-state index >= 15 is 0 Å². The predicted octanol–water partition coefficient (Wildman–Crippen LogP) is 2.80. The van der Waals surface area contributed by atoms with E-state index in [0.717, 1.165) is 0 Å². The van der Waals surface area contributed by atoms with Gasteiger partial charge in [0.25, 0.3) is 11.4 Å². The Bertz CT molecular complexity index is 956. The second-order valence-corrected chi connectivity index (χ2v) is 7.62. The van der Waals surface area contributed by atoms with E-state index < -0.39 is 9.85 Å². The standard InChI is InChI=1S/C24H30N2O12/c27-25(28)19-1-3-21-23(17-19)37-15-11-34-12-16-38-24-18-20(26(29)30)2-4-22(24)36-14-10-33-8-6-31-5-7-32-9-13-35-21/h1-4,17-18H,5-16H2. The molecule has 0 atom stereocenters. The van der Waals surface area contributed by atoms with Gasteiger partial charge in [-0.1, -0.05) is 0 Å². The van der Waals surface area contributed by atoms with Crippen LogP contribution in [0.4, 0.5) is 11.4 Å². The minimum absolute atomic E-state index is 0.0938. The first-order valence-corrected chi connectivity index (χ1v) is 11.9. The zero-order chi connectivity index (χ0) is 27.0. The lowest BCUT2D eigenvalue weighted by atomic mass is 10.3. The topological polar surface area (TPSA) is 160 Å². The molecule has 0 N–H and O–H groups in total. The molecule has 14 nitrogen and oxygen atoms in total. The Morgan fingerprint density at radius 3 is 1.05 bits per heavy atom. The van der Waals surface area contributed by atoms with Gasteiger partial charge in [0.2, 0.25) is 0 Å². The van der Waals surface area contributed by atoms with Crippen LogP contribution < -0.4 is 18.9 Å². The summed E-state index contributed by atoms with van der Waals surface area (Å²) < 4.78 is 44.5. The molecule has 0 aromatic heterocycles. The molecule has 0 saturated heterocycles. The summed E-state index contributed by atoms with van der Waals surface area (Å²) in [5.41, 5.74) is -0.274. The number of benzene rings is 2. The van der Waals surface area contributed by atoms with E-state index in [0.29, 0.717) is 51.1 Å². The smallest absolute Gasteiger partial charge is 0.273 e. The van der Waals surface area contributed by atoms with E-state index in [9.17, 15) is 20.2 Å². The van der Waals surface area contributed by atoms with Crippen LogP contribution in [0, 0.1) is 20.2 Å². The molecule has 0 amide bonds. The van der Waals surface area contributed by atoms with Gasteiger partial charge in [0, 0.05) is 12.1 Å². The molecule has 1 aliphatic heterocycles. The van der Waals surface area contributed by atoms with Crippen molar-refractivity contribution in [3.63, 3.8) is 0 Å². The van der Waals surface area contributed by atoms with E-state index in [1.54, 1.807) is 0 Å². The number of ether oxygens (including phenoxy) is 8. The molecular weight excluding hydrogens is 508 g/mol. The zero-order valence-corrected chi connectivity index (χ0v) is 20.7. The number of hydrogen-bond acceptors (Lipinski definition) is 12. The molecule has 0 unspecified atom stereocenters. The Hall–Kier alpha value is -3.72. The minimum Gasteiger partial charge on any atom is -0.487 e. The molecular formula is C24H30N2O12. The number of fused-ring (bicyclic) bond motifs is 2. The number of hydrogen-bond donors (Lipinski definition) is 0. The molecule has 0 radical (unpaired) electrons. The van der Waals surface area contributed by atoms with Crippen LogP contribution in [0.3, 0.4) is 0 Å². The first-order valence-electron chi connectivity index (χ1n) is 11.9. The lowest BCUT2D eigenvalue weighted by Crippen LogP contribution is -2.15. The van der Waals surface area contributed by atoms with Gasteiger partial charge in [-0.2, -0.15) is 0 Å². The van der Waals surface area contributed by atoms with Crippen molar-refractivity contribution < 1.29 is 47.7 Å². The molecule has 3 rings (SSSR count). The van der Waals surface area contributed by atoms with Crippen molar-refractivity contribution in [3.05, 3.63) is 56.6 Å². The molecule has 2 aromatic carbocycles. The molecule has 38 heavy (non-hydrogen) atoms. The summed E-state index contributed by atoms with van der Waals surface area (Å²) in [5, 5.41) is 22.3. The molecule has 0 saturated carbocycles. The maximum atomic E-state index is 11.1. The average molecular weight is 539 g/mol. The van der Waals surface area contributed by atoms with E-state index in [1.165, 1.54) is 36.4 Å². The van der Waals surface area contributed by atoms with Gasteiger partial charge in [-0.3, -0.25) is 20.2 Å². The third-order valence-electron chi connectivity index (χ3n) is 4.96. The van der Waals surface area contributed by atoms with Crippen LogP contribution in [0.5, 0.6) is 23.0 Å². The summed E-state index contributed by atoms with van der Waals surface area (Å²) in [5.74, 6) is 1.08. The Morgan fingerprint density at radius 2 is 0.737 bits per heavy atom. The quantitative estimate of drug-likeness (QED) is 0.407.